The number of hydrogen-bond donors (Lipinski definition) is 4. The van der Waals surface area contributed by atoms with Gasteiger partial charge in [0, 0.05) is 36.1 Å². The zero-order chi connectivity index (χ0) is 25.7. The second-order valence-corrected chi connectivity index (χ2v) is 7.95. The number of nitrogens with one attached hydrogen (secondary N) is 4. The highest BCUT2D eigenvalue weighted by atomic mass is 19.4. The largest absolute Gasteiger partial charge is 0.416 e. The maximum absolute atomic E-state index is 12.8. The molecule has 0 bridgehead atoms. The van der Waals surface area contributed by atoms with Crippen molar-refractivity contribution in [2.45, 2.75) is 32.9 Å². The predicted molar refractivity (Wildman–Crippen MR) is 129 cm³/mol. The molecule has 4 aromatic rings. The molecule has 0 aliphatic carbocycles. The van der Waals surface area contributed by atoms with E-state index in [-0.39, 0.29) is 11.5 Å². The number of halogens is 3. The van der Waals surface area contributed by atoms with Crippen LogP contribution >= 0.6 is 0 Å². The number of nitrogens with zero attached hydrogens (tertiary/aromatic N) is 4. The molecule has 0 saturated carbocycles. The molecular formula is C24H23F3N8O. The molecule has 0 atom stereocenters. The summed E-state index contributed by atoms with van der Waals surface area (Å²) in [6.45, 7) is 3.89. The number of pyridine rings is 1. The third-order valence-electron chi connectivity index (χ3n) is 5.03. The lowest BCUT2D eigenvalue weighted by Crippen LogP contribution is -2.20. The van der Waals surface area contributed by atoms with Crippen LogP contribution in [0, 0.1) is 6.92 Å². The van der Waals surface area contributed by atoms with Crippen LogP contribution in [0.2, 0.25) is 0 Å². The Kier molecular flexibility index (Phi) is 7.13. The topological polar surface area (TPSA) is 121 Å². The molecule has 1 aromatic carbocycles. The van der Waals surface area contributed by atoms with E-state index < -0.39 is 17.8 Å². The molecule has 4 rings (SSSR count). The number of aromatic nitrogens is 5. The molecular weight excluding hydrogens is 473 g/mol. The third kappa shape index (κ3) is 6.56. The molecule has 3 aromatic heterocycles. The second kappa shape index (κ2) is 10.4. The Morgan fingerprint density at radius 1 is 1.03 bits per heavy atom. The summed E-state index contributed by atoms with van der Waals surface area (Å²) in [5.74, 6) is 2.18. The first-order valence-electron chi connectivity index (χ1n) is 11.0. The fourth-order valence-corrected chi connectivity index (χ4v) is 3.36. The number of amides is 2. The van der Waals surface area contributed by atoms with Gasteiger partial charge in [-0.2, -0.15) is 18.3 Å². The summed E-state index contributed by atoms with van der Waals surface area (Å²) in [4.78, 5) is 25.4. The van der Waals surface area contributed by atoms with Gasteiger partial charge >= 0.3 is 12.2 Å². The molecule has 0 saturated heterocycles. The minimum Gasteiger partial charge on any atom is -0.325 e. The number of aryl methyl sites for hydroxylation is 2. The number of hydrogen-bond acceptors (Lipinski definition) is 6. The van der Waals surface area contributed by atoms with E-state index in [9.17, 15) is 18.0 Å². The standard InChI is InChI=1S/C24H23F3N8O/c1-3-17-12-22(35-34-17)32-20-9-14(2)29-21(31-20)10-15-7-8-19(28-13-15)33-23(36)30-18-6-4-5-16(11-18)24(25,26)27/h4-9,11-13H,3,10H2,1-2H3,(H2,28,30,33,36)(H2,29,31,32,34,35). The Morgan fingerprint density at radius 3 is 2.56 bits per heavy atom. The maximum Gasteiger partial charge on any atom is 0.416 e. The van der Waals surface area contributed by atoms with Gasteiger partial charge in [-0.1, -0.05) is 19.1 Å². The molecule has 0 spiro atoms. The van der Waals surface area contributed by atoms with E-state index in [0.717, 1.165) is 41.3 Å². The summed E-state index contributed by atoms with van der Waals surface area (Å²) in [6, 6.07) is 10.7. The molecule has 186 valence electrons. The fraction of sp³-hybridized carbons (Fsp3) is 0.208. The van der Waals surface area contributed by atoms with E-state index in [0.29, 0.717) is 18.1 Å². The molecule has 0 aliphatic heterocycles. The molecule has 0 fully saturated rings. The average molecular weight is 496 g/mol. The molecule has 36 heavy (non-hydrogen) atoms. The van der Waals surface area contributed by atoms with Gasteiger partial charge in [-0.15, -0.1) is 0 Å². The molecule has 0 unspecified atom stereocenters. The van der Waals surface area contributed by atoms with Crippen LogP contribution in [0.25, 0.3) is 0 Å². The number of carbonyl (C=O) groups is 1. The monoisotopic (exact) mass is 496 g/mol. The summed E-state index contributed by atoms with van der Waals surface area (Å²) >= 11 is 0. The van der Waals surface area contributed by atoms with Crippen LogP contribution in [0.5, 0.6) is 0 Å². The number of H-pyrrole nitrogens is 1. The highest BCUT2D eigenvalue weighted by molar-refractivity contribution is 5.99. The van der Waals surface area contributed by atoms with Crippen LogP contribution in [0.3, 0.4) is 0 Å². The van der Waals surface area contributed by atoms with Gasteiger partial charge in [-0.25, -0.2) is 19.7 Å². The minimum absolute atomic E-state index is 0.0148. The number of urea groups is 1. The van der Waals surface area contributed by atoms with Gasteiger partial charge in [0.15, 0.2) is 0 Å². The number of rotatable bonds is 7. The van der Waals surface area contributed by atoms with Crippen LogP contribution < -0.4 is 16.0 Å². The number of carbonyl (C=O) groups excluding carboxylic acids is 1. The maximum atomic E-state index is 12.8. The van der Waals surface area contributed by atoms with Crippen molar-refractivity contribution in [3.05, 3.63) is 83.1 Å². The normalized spacial score (nSPS) is 11.2. The van der Waals surface area contributed by atoms with E-state index in [1.54, 1.807) is 18.3 Å². The van der Waals surface area contributed by atoms with E-state index in [2.05, 4.69) is 41.1 Å². The van der Waals surface area contributed by atoms with E-state index in [4.69, 9.17) is 0 Å². The number of benzene rings is 1. The lowest BCUT2D eigenvalue weighted by Gasteiger charge is -2.11. The van der Waals surface area contributed by atoms with Crippen molar-refractivity contribution in [1.82, 2.24) is 25.1 Å². The van der Waals surface area contributed by atoms with E-state index in [1.807, 2.05) is 26.0 Å². The van der Waals surface area contributed by atoms with Gasteiger partial charge in [0.1, 0.15) is 23.3 Å². The van der Waals surface area contributed by atoms with Gasteiger partial charge in [-0.05, 0) is 43.2 Å². The number of aromatic amines is 1. The van der Waals surface area contributed by atoms with Crippen molar-refractivity contribution >= 4 is 29.2 Å². The second-order valence-electron chi connectivity index (χ2n) is 7.95. The lowest BCUT2D eigenvalue weighted by atomic mass is 10.2. The van der Waals surface area contributed by atoms with Crippen molar-refractivity contribution in [2.75, 3.05) is 16.0 Å². The predicted octanol–water partition coefficient (Wildman–Crippen LogP) is 5.46. The Bertz CT molecular complexity index is 1350. The van der Waals surface area contributed by atoms with Gasteiger partial charge < -0.3 is 10.6 Å². The first kappa shape index (κ1) is 24.6. The average Bonchev–Trinajstić information content (AvgIpc) is 3.27. The van der Waals surface area contributed by atoms with Gasteiger partial charge in [0.25, 0.3) is 0 Å². The van der Waals surface area contributed by atoms with Crippen molar-refractivity contribution in [3.63, 3.8) is 0 Å². The Hall–Kier alpha value is -4.48. The first-order valence-corrected chi connectivity index (χ1v) is 11.0. The van der Waals surface area contributed by atoms with Crippen LogP contribution in [-0.2, 0) is 19.0 Å². The summed E-state index contributed by atoms with van der Waals surface area (Å²) in [7, 11) is 0. The SMILES string of the molecule is CCc1cc(Nc2cc(C)nc(Cc3ccc(NC(=O)Nc4cccc(C(F)(F)F)c4)nc3)n2)[nH]n1. The molecule has 2 amide bonds. The summed E-state index contributed by atoms with van der Waals surface area (Å²) in [5.41, 5.74) is 1.70. The van der Waals surface area contributed by atoms with Crippen molar-refractivity contribution < 1.29 is 18.0 Å². The van der Waals surface area contributed by atoms with Crippen LogP contribution in [0.4, 0.5) is 41.1 Å². The summed E-state index contributed by atoms with van der Waals surface area (Å²) in [6.07, 6.45) is -1.71. The first-order chi connectivity index (χ1) is 17.2. The zero-order valence-corrected chi connectivity index (χ0v) is 19.4. The Labute approximate surface area is 204 Å². The van der Waals surface area contributed by atoms with Crippen molar-refractivity contribution in [2.24, 2.45) is 0 Å². The van der Waals surface area contributed by atoms with E-state index >= 15 is 0 Å². The number of alkyl halides is 3. The lowest BCUT2D eigenvalue weighted by molar-refractivity contribution is -0.137. The van der Waals surface area contributed by atoms with Crippen molar-refractivity contribution in [3.8, 4) is 0 Å². The third-order valence-corrected chi connectivity index (χ3v) is 5.03. The zero-order valence-electron chi connectivity index (χ0n) is 19.4. The van der Waals surface area contributed by atoms with Gasteiger partial charge in [-0.3, -0.25) is 10.4 Å². The Balaban J connectivity index is 1.37. The van der Waals surface area contributed by atoms with Crippen LogP contribution in [0.1, 0.15) is 35.3 Å². The highest BCUT2D eigenvalue weighted by Gasteiger charge is 2.30. The fourth-order valence-electron chi connectivity index (χ4n) is 3.36. The number of anilines is 4. The summed E-state index contributed by atoms with van der Waals surface area (Å²) < 4.78 is 38.5. The summed E-state index contributed by atoms with van der Waals surface area (Å²) in [5, 5.41) is 15.2. The molecule has 9 nitrogen and oxygen atoms in total. The van der Waals surface area contributed by atoms with Crippen LogP contribution in [0.15, 0.2) is 54.7 Å². The Morgan fingerprint density at radius 2 is 1.86 bits per heavy atom. The smallest absolute Gasteiger partial charge is 0.325 e. The minimum atomic E-state index is -4.50. The molecule has 4 N–H and O–H groups in total. The van der Waals surface area contributed by atoms with Gasteiger partial charge in [0.05, 0.1) is 11.3 Å². The molecule has 0 aliphatic rings. The van der Waals surface area contributed by atoms with Crippen molar-refractivity contribution in [1.29, 1.82) is 0 Å². The molecule has 3 heterocycles. The highest BCUT2D eigenvalue weighted by Crippen LogP contribution is 2.30. The van der Waals surface area contributed by atoms with Crippen LogP contribution in [-0.4, -0.2) is 31.2 Å². The van der Waals surface area contributed by atoms with E-state index in [1.165, 1.54) is 12.1 Å². The quantitative estimate of drug-likeness (QED) is 0.270. The van der Waals surface area contributed by atoms with Gasteiger partial charge in [0.2, 0.25) is 0 Å². The molecule has 12 heteroatoms. The molecule has 0 radical (unpaired) electrons.